The third-order valence-corrected chi connectivity index (χ3v) is 4.37. The Hall–Kier alpha value is -2.22. The van der Waals surface area contributed by atoms with Crippen molar-refractivity contribution >= 4 is 0 Å². The highest BCUT2D eigenvalue weighted by molar-refractivity contribution is 5.50. The first kappa shape index (κ1) is 20.1. The van der Waals surface area contributed by atoms with E-state index in [9.17, 15) is 9.18 Å². The fraction of sp³-hybridized carbons (Fsp3) is 0.611. The maximum Gasteiger partial charge on any atom is 0.368 e. The van der Waals surface area contributed by atoms with Crippen molar-refractivity contribution in [2.24, 2.45) is 7.05 Å². The van der Waals surface area contributed by atoms with Crippen LogP contribution in [0.15, 0.2) is 16.9 Å². The summed E-state index contributed by atoms with van der Waals surface area (Å²) < 4.78 is 22.7. The first-order valence-electron chi connectivity index (χ1n) is 8.87. The Kier molecular flexibility index (Phi) is 6.17. The molecule has 26 heavy (non-hydrogen) atoms. The molecule has 0 bridgehead atoms. The van der Waals surface area contributed by atoms with Crippen molar-refractivity contribution < 1.29 is 9.13 Å². The summed E-state index contributed by atoms with van der Waals surface area (Å²) in [4.78, 5) is 14.5. The summed E-state index contributed by atoms with van der Waals surface area (Å²) in [6, 6.07) is 2.96. The van der Waals surface area contributed by atoms with E-state index < -0.39 is 11.1 Å². The zero-order valence-corrected chi connectivity index (χ0v) is 16.4. The normalized spacial score (nSPS) is 12.0. The van der Waals surface area contributed by atoms with E-state index in [0.29, 0.717) is 24.4 Å². The lowest BCUT2D eigenvalue weighted by Gasteiger charge is -2.23. The molecule has 0 amide bonds. The number of ether oxygens (including phenoxy) is 1. The largest absolute Gasteiger partial charge is 0.490 e. The molecular weight excluding hydrogens is 337 g/mol. The van der Waals surface area contributed by atoms with Crippen LogP contribution in [0.1, 0.15) is 40.2 Å². The molecule has 144 valence electrons. The van der Waals surface area contributed by atoms with Gasteiger partial charge in [0, 0.05) is 19.7 Å². The Morgan fingerprint density at radius 1 is 1.19 bits per heavy atom. The molecule has 0 atom stereocenters. The van der Waals surface area contributed by atoms with Crippen LogP contribution in [0.25, 0.3) is 5.69 Å². The van der Waals surface area contributed by atoms with Gasteiger partial charge in [-0.05, 0) is 40.6 Å². The van der Waals surface area contributed by atoms with Gasteiger partial charge in [0.05, 0.1) is 0 Å². The molecule has 0 radical (unpaired) electrons. The summed E-state index contributed by atoms with van der Waals surface area (Å²) in [6.07, 6.45) is 0. The fourth-order valence-corrected chi connectivity index (χ4v) is 2.69. The molecule has 0 saturated carbocycles. The minimum atomic E-state index is -0.426. The lowest BCUT2D eigenvalue weighted by Crippen LogP contribution is -2.28. The van der Waals surface area contributed by atoms with Gasteiger partial charge in [-0.15, -0.1) is 0 Å². The Balaban J connectivity index is 2.44. The second-order valence-corrected chi connectivity index (χ2v) is 7.22. The van der Waals surface area contributed by atoms with Crippen LogP contribution >= 0.6 is 0 Å². The first-order chi connectivity index (χ1) is 12.2. The molecule has 0 spiro atoms. The molecule has 0 aliphatic rings. The van der Waals surface area contributed by atoms with E-state index in [-0.39, 0.29) is 11.6 Å². The highest BCUT2D eigenvalue weighted by Crippen LogP contribution is 2.32. The second-order valence-electron chi connectivity index (χ2n) is 7.22. The molecule has 1 aromatic carbocycles. The molecule has 2 aromatic rings. The van der Waals surface area contributed by atoms with Gasteiger partial charge in [-0.25, -0.2) is 9.18 Å². The third-order valence-electron chi connectivity index (χ3n) is 4.37. The monoisotopic (exact) mass is 365 g/mol. The Bertz CT molecular complexity index is 803. The van der Waals surface area contributed by atoms with Crippen LogP contribution in [0.3, 0.4) is 0 Å². The summed E-state index contributed by atoms with van der Waals surface area (Å²) in [5.74, 6) is -0.0821. The number of aryl methyl sites for hydroxylation is 1. The number of likely N-dealkylation sites (N-methyl/N-ethyl adjacent to an activating group) is 1. The fourth-order valence-electron chi connectivity index (χ4n) is 2.69. The van der Waals surface area contributed by atoms with E-state index >= 15 is 0 Å². The van der Waals surface area contributed by atoms with Crippen LogP contribution < -0.4 is 10.4 Å². The van der Waals surface area contributed by atoms with Gasteiger partial charge in [0.2, 0.25) is 0 Å². The minimum Gasteiger partial charge on any atom is -0.490 e. The van der Waals surface area contributed by atoms with Gasteiger partial charge in [0.15, 0.2) is 0 Å². The topological polar surface area (TPSA) is 65.2 Å². The summed E-state index contributed by atoms with van der Waals surface area (Å²) >= 11 is 0. The molecule has 1 heterocycles. The van der Waals surface area contributed by atoms with E-state index in [1.54, 1.807) is 6.07 Å². The Morgan fingerprint density at radius 2 is 1.85 bits per heavy atom. The van der Waals surface area contributed by atoms with Crippen molar-refractivity contribution in [3.8, 4) is 11.4 Å². The average molecular weight is 365 g/mol. The predicted octanol–water partition coefficient (Wildman–Crippen LogP) is 2.12. The van der Waals surface area contributed by atoms with Crippen molar-refractivity contribution in [2.75, 3.05) is 26.2 Å². The van der Waals surface area contributed by atoms with E-state index in [1.807, 2.05) is 20.8 Å². The predicted molar refractivity (Wildman–Crippen MR) is 98.5 cm³/mol. The molecule has 0 aliphatic heterocycles. The summed E-state index contributed by atoms with van der Waals surface area (Å²) in [6.45, 7) is 12.8. The number of hydrogen-bond acceptors (Lipinski definition) is 5. The number of nitrogens with zero attached hydrogens (tertiary/aromatic N) is 5. The smallest absolute Gasteiger partial charge is 0.368 e. The van der Waals surface area contributed by atoms with Gasteiger partial charge in [-0.1, -0.05) is 34.6 Å². The van der Waals surface area contributed by atoms with Gasteiger partial charge in [0.1, 0.15) is 23.9 Å². The number of halogens is 1. The van der Waals surface area contributed by atoms with Crippen LogP contribution in [-0.4, -0.2) is 50.9 Å². The van der Waals surface area contributed by atoms with E-state index in [0.717, 1.165) is 22.5 Å². The molecule has 0 aliphatic carbocycles. The number of tetrazole rings is 1. The van der Waals surface area contributed by atoms with Crippen LogP contribution in [0.5, 0.6) is 5.75 Å². The average Bonchev–Trinajstić information content (AvgIpc) is 2.90. The number of benzene rings is 1. The number of aromatic nitrogens is 4. The van der Waals surface area contributed by atoms with E-state index in [2.05, 4.69) is 29.2 Å². The zero-order chi connectivity index (χ0) is 19.5. The lowest BCUT2D eigenvalue weighted by atomic mass is 9.86. The zero-order valence-electron chi connectivity index (χ0n) is 16.4. The second kappa shape index (κ2) is 7.99. The maximum atomic E-state index is 14.6. The molecule has 0 fully saturated rings. The molecular formula is C18H28FN5O2. The highest BCUT2D eigenvalue weighted by atomic mass is 19.1. The van der Waals surface area contributed by atoms with Crippen molar-refractivity contribution in [3.05, 3.63) is 34.0 Å². The summed E-state index contributed by atoms with van der Waals surface area (Å²) in [5.41, 5.74) is 0.0462. The van der Waals surface area contributed by atoms with Crippen molar-refractivity contribution in [1.82, 2.24) is 24.7 Å². The SMILES string of the molecule is CCN(CC)CCOc1cc(F)c(C(C)(C)C)cc1-n1nnn(C)c1=O. The highest BCUT2D eigenvalue weighted by Gasteiger charge is 2.23. The number of rotatable bonds is 7. The van der Waals surface area contributed by atoms with Crippen LogP contribution in [0.4, 0.5) is 4.39 Å². The van der Waals surface area contributed by atoms with Crippen LogP contribution in [0, 0.1) is 5.82 Å². The molecule has 0 unspecified atom stereocenters. The summed E-state index contributed by atoms with van der Waals surface area (Å²) in [7, 11) is 1.51. The minimum absolute atomic E-state index is 0.283. The molecule has 1 aromatic heterocycles. The van der Waals surface area contributed by atoms with Gasteiger partial charge in [-0.2, -0.15) is 9.36 Å². The Morgan fingerprint density at radius 3 is 2.35 bits per heavy atom. The number of hydrogen-bond donors (Lipinski definition) is 0. The molecule has 8 heteroatoms. The van der Waals surface area contributed by atoms with Crippen LogP contribution in [0.2, 0.25) is 0 Å². The van der Waals surface area contributed by atoms with E-state index in [1.165, 1.54) is 13.1 Å². The van der Waals surface area contributed by atoms with Crippen molar-refractivity contribution in [3.63, 3.8) is 0 Å². The van der Waals surface area contributed by atoms with Crippen LogP contribution in [-0.2, 0) is 12.5 Å². The quantitative estimate of drug-likeness (QED) is 0.752. The first-order valence-corrected chi connectivity index (χ1v) is 8.87. The molecule has 2 rings (SSSR count). The van der Waals surface area contributed by atoms with Gasteiger partial charge < -0.3 is 9.64 Å². The molecule has 7 nitrogen and oxygen atoms in total. The molecule has 0 N–H and O–H groups in total. The summed E-state index contributed by atoms with van der Waals surface area (Å²) in [5, 5.41) is 7.62. The van der Waals surface area contributed by atoms with Crippen molar-refractivity contribution in [2.45, 2.75) is 40.0 Å². The Labute approximate surface area is 153 Å². The maximum absolute atomic E-state index is 14.6. The third kappa shape index (κ3) is 4.30. The lowest BCUT2D eigenvalue weighted by molar-refractivity contribution is 0.221. The molecule has 0 saturated heterocycles. The van der Waals surface area contributed by atoms with Gasteiger partial charge in [0.25, 0.3) is 0 Å². The van der Waals surface area contributed by atoms with Crippen molar-refractivity contribution in [1.29, 1.82) is 0 Å². The van der Waals surface area contributed by atoms with Gasteiger partial charge >= 0.3 is 5.69 Å². The standard InChI is InChI=1S/C18H28FN5O2/c1-7-23(8-2)9-10-26-16-12-14(19)13(18(3,4)5)11-15(16)24-17(25)22(6)20-21-24/h11-12H,7-10H2,1-6H3. The van der Waals surface area contributed by atoms with E-state index in [4.69, 9.17) is 4.74 Å². The van der Waals surface area contributed by atoms with Gasteiger partial charge in [-0.3, -0.25) is 0 Å².